The molecule has 1 rings (SSSR count). The van der Waals surface area contributed by atoms with Crippen LogP contribution in [-0.2, 0) is 16.6 Å². The van der Waals surface area contributed by atoms with Gasteiger partial charge in [-0.1, -0.05) is 19.1 Å². The molecule has 0 aliphatic heterocycles. The molecular weight excluding hydrogens is 293 g/mol. The van der Waals surface area contributed by atoms with E-state index in [2.05, 4.69) is 10.0 Å². The summed E-state index contributed by atoms with van der Waals surface area (Å²) in [6.45, 7) is 4.39. The molecule has 0 atom stereocenters. The molecule has 0 amide bonds. The third-order valence-electron chi connectivity index (χ3n) is 3.07. The van der Waals surface area contributed by atoms with Gasteiger partial charge in [-0.3, -0.25) is 0 Å². The predicted molar refractivity (Wildman–Crippen MR) is 82.8 cm³/mol. The monoisotopic (exact) mass is 317 g/mol. The van der Waals surface area contributed by atoms with Gasteiger partial charge in [0.25, 0.3) is 10.2 Å². The van der Waals surface area contributed by atoms with Crippen molar-refractivity contribution in [2.75, 3.05) is 33.2 Å². The second-order valence-corrected chi connectivity index (χ2v) is 6.67. The summed E-state index contributed by atoms with van der Waals surface area (Å²) in [5.74, 6) is -0.309. The maximum absolute atomic E-state index is 13.0. The van der Waals surface area contributed by atoms with E-state index in [1.807, 2.05) is 6.92 Å². The van der Waals surface area contributed by atoms with Crippen molar-refractivity contribution in [1.82, 2.24) is 14.3 Å². The number of hydrogen-bond donors (Lipinski definition) is 2. The van der Waals surface area contributed by atoms with E-state index in [-0.39, 0.29) is 12.4 Å². The zero-order valence-electron chi connectivity index (χ0n) is 12.6. The molecule has 0 saturated heterocycles. The van der Waals surface area contributed by atoms with Gasteiger partial charge in [0.1, 0.15) is 5.82 Å². The van der Waals surface area contributed by atoms with Crippen molar-refractivity contribution in [1.29, 1.82) is 0 Å². The molecule has 0 aliphatic carbocycles. The molecule has 21 heavy (non-hydrogen) atoms. The van der Waals surface area contributed by atoms with Crippen LogP contribution >= 0.6 is 0 Å². The van der Waals surface area contributed by atoms with E-state index in [1.54, 1.807) is 19.2 Å². The molecule has 7 heteroatoms. The number of benzene rings is 1. The quantitative estimate of drug-likeness (QED) is 0.636. The second-order valence-electron chi connectivity index (χ2n) is 4.81. The number of nitrogens with zero attached hydrogens (tertiary/aromatic N) is 1. The van der Waals surface area contributed by atoms with Crippen LogP contribution in [0.25, 0.3) is 0 Å². The highest BCUT2D eigenvalue weighted by atomic mass is 32.2. The van der Waals surface area contributed by atoms with E-state index in [9.17, 15) is 12.8 Å². The maximum atomic E-state index is 13.0. The van der Waals surface area contributed by atoms with Gasteiger partial charge in [-0.2, -0.15) is 12.7 Å². The Hall–Kier alpha value is -1.02. The van der Waals surface area contributed by atoms with Crippen molar-refractivity contribution < 1.29 is 12.8 Å². The minimum absolute atomic E-state index is 0.253. The minimum atomic E-state index is -3.47. The average Bonchev–Trinajstić information content (AvgIpc) is 2.43. The summed E-state index contributed by atoms with van der Waals surface area (Å²) in [5, 5.41) is 3.15. The van der Waals surface area contributed by atoms with Crippen LogP contribution in [0.3, 0.4) is 0 Å². The molecule has 1 aromatic rings. The first-order chi connectivity index (χ1) is 9.95. The molecule has 120 valence electrons. The zero-order chi connectivity index (χ0) is 15.7. The smallest absolute Gasteiger partial charge is 0.279 e. The lowest BCUT2D eigenvalue weighted by atomic mass is 10.1. The standard InChI is InChI=1S/C14H24FN3O2S/c1-3-16-9-5-11-18(2)21(19,20)17-10-8-13-6-4-7-14(15)12-13/h4,6-7,12,16-17H,3,5,8-11H2,1-2H3. The van der Waals surface area contributed by atoms with E-state index < -0.39 is 10.2 Å². The summed E-state index contributed by atoms with van der Waals surface area (Å²) in [7, 11) is -1.91. The molecule has 2 N–H and O–H groups in total. The van der Waals surface area contributed by atoms with Gasteiger partial charge in [0.05, 0.1) is 0 Å². The zero-order valence-corrected chi connectivity index (χ0v) is 13.4. The van der Waals surface area contributed by atoms with Gasteiger partial charge < -0.3 is 5.32 Å². The fraction of sp³-hybridized carbons (Fsp3) is 0.571. The topological polar surface area (TPSA) is 61.4 Å². The Bertz CT molecular complexity index is 523. The van der Waals surface area contributed by atoms with Crippen molar-refractivity contribution in [3.05, 3.63) is 35.6 Å². The minimum Gasteiger partial charge on any atom is -0.317 e. The van der Waals surface area contributed by atoms with Gasteiger partial charge >= 0.3 is 0 Å². The maximum Gasteiger partial charge on any atom is 0.279 e. The van der Waals surface area contributed by atoms with E-state index in [0.717, 1.165) is 25.1 Å². The lowest BCUT2D eigenvalue weighted by molar-refractivity contribution is 0.446. The van der Waals surface area contributed by atoms with Gasteiger partial charge in [0.2, 0.25) is 0 Å². The summed E-state index contributed by atoms with van der Waals surface area (Å²) < 4.78 is 40.8. The van der Waals surface area contributed by atoms with Gasteiger partial charge in [-0.05, 0) is 43.6 Å². The number of halogens is 1. The number of rotatable bonds is 10. The molecule has 0 saturated carbocycles. The van der Waals surface area contributed by atoms with Crippen molar-refractivity contribution in [2.24, 2.45) is 0 Å². The molecule has 0 aliphatic rings. The summed E-state index contributed by atoms with van der Waals surface area (Å²) in [6, 6.07) is 6.17. The van der Waals surface area contributed by atoms with Crippen molar-refractivity contribution >= 4 is 10.2 Å². The molecule has 0 fully saturated rings. The lowest BCUT2D eigenvalue weighted by Crippen LogP contribution is -2.40. The summed E-state index contributed by atoms with van der Waals surface area (Å²) >= 11 is 0. The predicted octanol–water partition coefficient (Wildman–Crippen LogP) is 1.13. The van der Waals surface area contributed by atoms with Gasteiger partial charge in [0.15, 0.2) is 0 Å². The van der Waals surface area contributed by atoms with Crippen molar-refractivity contribution in [3.8, 4) is 0 Å². The van der Waals surface area contributed by atoms with Gasteiger partial charge in [-0.25, -0.2) is 9.11 Å². The Morgan fingerprint density at radius 2 is 2.05 bits per heavy atom. The summed E-state index contributed by atoms with van der Waals surface area (Å²) in [6.07, 6.45) is 1.22. The van der Waals surface area contributed by atoms with Crippen LogP contribution in [0.15, 0.2) is 24.3 Å². The van der Waals surface area contributed by atoms with Gasteiger partial charge in [0, 0.05) is 20.1 Å². The Morgan fingerprint density at radius 1 is 1.29 bits per heavy atom. The van der Waals surface area contributed by atoms with Crippen LogP contribution in [0.1, 0.15) is 18.9 Å². The summed E-state index contributed by atoms with van der Waals surface area (Å²) in [5.41, 5.74) is 0.771. The Balaban J connectivity index is 2.35. The fourth-order valence-corrected chi connectivity index (χ4v) is 2.80. The first-order valence-electron chi connectivity index (χ1n) is 7.12. The first kappa shape index (κ1) is 18.0. The molecule has 0 bridgehead atoms. The molecule has 0 heterocycles. The molecule has 0 spiro atoms. The van der Waals surface area contributed by atoms with Crippen LogP contribution in [-0.4, -0.2) is 45.9 Å². The Kier molecular flexibility index (Phi) is 7.81. The first-order valence-corrected chi connectivity index (χ1v) is 8.56. The highest BCUT2D eigenvalue weighted by Gasteiger charge is 2.15. The normalized spacial score (nSPS) is 12.0. The van der Waals surface area contributed by atoms with Crippen molar-refractivity contribution in [2.45, 2.75) is 19.8 Å². The molecule has 5 nitrogen and oxygen atoms in total. The average molecular weight is 317 g/mol. The fourth-order valence-electron chi connectivity index (χ4n) is 1.85. The molecule has 0 radical (unpaired) electrons. The molecule has 0 aromatic heterocycles. The molecule has 0 unspecified atom stereocenters. The van der Waals surface area contributed by atoms with E-state index in [0.29, 0.717) is 13.0 Å². The summed E-state index contributed by atoms with van der Waals surface area (Å²) in [4.78, 5) is 0. The van der Waals surface area contributed by atoms with E-state index in [1.165, 1.54) is 16.4 Å². The largest absolute Gasteiger partial charge is 0.317 e. The molecular formula is C14H24FN3O2S. The Morgan fingerprint density at radius 3 is 2.71 bits per heavy atom. The van der Waals surface area contributed by atoms with Crippen LogP contribution in [0.4, 0.5) is 4.39 Å². The van der Waals surface area contributed by atoms with Gasteiger partial charge in [-0.15, -0.1) is 0 Å². The van der Waals surface area contributed by atoms with Crippen molar-refractivity contribution in [3.63, 3.8) is 0 Å². The van der Waals surface area contributed by atoms with Crippen LogP contribution in [0.5, 0.6) is 0 Å². The van der Waals surface area contributed by atoms with E-state index in [4.69, 9.17) is 0 Å². The van der Waals surface area contributed by atoms with E-state index >= 15 is 0 Å². The lowest BCUT2D eigenvalue weighted by Gasteiger charge is -2.17. The van der Waals surface area contributed by atoms with Crippen LogP contribution in [0.2, 0.25) is 0 Å². The SMILES string of the molecule is CCNCCCN(C)S(=O)(=O)NCCc1cccc(F)c1. The van der Waals surface area contributed by atoms with Crippen LogP contribution < -0.4 is 10.0 Å². The van der Waals surface area contributed by atoms with Crippen LogP contribution in [0, 0.1) is 5.82 Å². The second kappa shape index (κ2) is 9.09. The number of hydrogen-bond acceptors (Lipinski definition) is 3. The number of nitrogens with one attached hydrogen (secondary N) is 2. The third-order valence-corrected chi connectivity index (χ3v) is 4.65. The molecule has 1 aromatic carbocycles. The third kappa shape index (κ3) is 6.99. The Labute approximate surface area is 126 Å². The highest BCUT2D eigenvalue weighted by molar-refractivity contribution is 7.87. The highest BCUT2D eigenvalue weighted by Crippen LogP contribution is 2.04.